The van der Waals surface area contributed by atoms with Gasteiger partial charge >= 0.3 is 0 Å². The third kappa shape index (κ3) is 4.33. The van der Waals surface area contributed by atoms with E-state index < -0.39 is 9.84 Å². The van der Waals surface area contributed by atoms with Crippen LogP contribution in [-0.2, 0) is 16.4 Å². The van der Waals surface area contributed by atoms with Crippen molar-refractivity contribution in [2.24, 2.45) is 0 Å². The SMILES string of the molecule is CNCc1ccc(Sc2ccc(S(C)(=O)=O)cc2)cc1C. The van der Waals surface area contributed by atoms with Crippen LogP contribution in [0.2, 0.25) is 0 Å². The lowest BCUT2D eigenvalue weighted by Crippen LogP contribution is -2.06. The summed E-state index contributed by atoms with van der Waals surface area (Å²) in [6, 6.07) is 13.4. The van der Waals surface area contributed by atoms with Crippen molar-refractivity contribution < 1.29 is 8.42 Å². The van der Waals surface area contributed by atoms with Gasteiger partial charge in [0.25, 0.3) is 0 Å². The minimum absolute atomic E-state index is 0.354. The van der Waals surface area contributed by atoms with Gasteiger partial charge in [-0.1, -0.05) is 17.8 Å². The molecule has 3 nitrogen and oxygen atoms in total. The second-order valence-corrected chi connectivity index (χ2v) is 8.13. The van der Waals surface area contributed by atoms with E-state index in [1.54, 1.807) is 23.9 Å². The molecule has 0 spiro atoms. The molecule has 0 aliphatic carbocycles. The van der Waals surface area contributed by atoms with Crippen LogP contribution >= 0.6 is 11.8 Å². The first-order valence-corrected chi connectivity index (χ1v) is 9.33. The van der Waals surface area contributed by atoms with E-state index in [1.165, 1.54) is 17.4 Å². The summed E-state index contributed by atoms with van der Waals surface area (Å²) in [5.41, 5.74) is 2.54. The first-order valence-electron chi connectivity index (χ1n) is 6.62. The molecule has 0 bridgehead atoms. The minimum atomic E-state index is -3.13. The highest BCUT2D eigenvalue weighted by Gasteiger charge is 2.07. The van der Waals surface area contributed by atoms with Gasteiger partial charge in [-0.25, -0.2) is 8.42 Å². The molecular weight excluding hydrogens is 302 g/mol. The van der Waals surface area contributed by atoms with E-state index in [4.69, 9.17) is 0 Å². The molecule has 21 heavy (non-hydrogen) atoms. The molecule has 0 atom stereocenters. The third-order valence-corrected chi connectivity index (χ3v) is 5.29. The van der Waals surface area contributed by atoms with E-state index in [0.29, 0.717) is 4.90 Å². The number of hydrogen-bond donors (Lipinski definition) is 1. The number of sulfone groups is 1. The van der Waals surface area contributed by atoms with Gasteiger partial charge in [-0.2, -0.15) is 0 Å². The van der Waals surface area contributed by atoms with Crippen LogP contribution in [0, 0.1) is 6.92 Å². The molecule has 1 N–H and O–H groups in total. The summed E-state index contributed by atoms with van der Waals surface area (Å²) >= 11 is 1.63. The van der Waals surface area contributed by atoms with Crippen molar-refractivity contribution in [2.45, 2.75) is 28.2 Å². The van der Waals surface area contributed by atoms with Crippen LogP contribution < -0.4 is 5.32 Å². The second-order valence-electron chi connectivity index (χ2n) is 4.96. The fourth-order valence-corrected chi connectivity index (χ4v) is 3.56. The molecule has 0 radical (unpaired) electrons. The summed E-state index contributed by atoms with van der Waals surface area (Å²) < 4.78 is 22.9. The predicted molar refractivity (Wildman–Crippen MR) is 87.6 cm³/mol. The van der Waals surface area contributed by atoms with E-state index in [2.05, 4.69) is 30.4 Å². The zero-order chi connectivity index (χ0) is 15.5. The molecular formula is C16H19NO2S2. The molecule has 0 saturated carbocycles. The molecule has 0 saturated heterocycles. The molecule has 5 heteroatoms. The van der Waals surface area contributed by atoms with Gasteiger partial charge in [-0.15, -0.1) is 0 Å². The third-order valence-electron chi connectivity index (χ3n) is 3.17. The fraction of sp³-hybridized carbons (Fsp3) is 0.250. The Kier molecular flexibility index (Phi) is 5.08. The fourth-order valence-electron chi connectivity index (χ4n) is 2.01. The average Bonchev–Trinajstić information content (AvgIpc) is 2.42. The van der Waals surface area contributed by atoms with Gasteiger partial charge in [0.05, 0.1) is 4.90 Å². The lowest BCUT2D eigenvalue weighted by molar-refractivity contribution is 0.602. The van der Waals surface area contributed by atoms with Crippen molar-refractivity contribution in [1.29, 1.82) is 0 Å². The summed E-state index contributed by atoms with van der Waals surface area (Å²) in [5, 5.41) is 3.15. The van der Waals surface area contributed by atoms with Gasteiger partial charge in [0.15, 0.2) is 9.84 Å². The quantitative estimate of drug-likeness (QED) is 0.918. The first-order chi connectivity index (χ1) is 9.90. The summed E-state index contributed by atoms with van der Waals surface area (Å²) in [6.07, 6.45) is 1.22. The Bertz CT molecular complexity index is 722. The maximum Gasteiger partial charge on any atom is 0.175 e. The first kappa shape index (κ1) is 16.1. The molecule has 2 aromatic carbocycles. The van der Waals surface area contributed by atoms with Crippen molar-refractivity contribution in [3.05, 3.63) is 53.6 Å². The molecule has 0 unspecified atom stereocenters. The Morgan fingerprint density at radius 3 is 2.19 bits per heavy atom. The van der Waals surface area contributed by atoms with Gasteiger partial charge < -0.3 is 5.32 Å². The number of benzene rings is 2. The van der Waals surface area contributed by atoms with Crippen LogP contribution in [0.4, 0.5) is 0 Å². The van der Waals surface area contributed by atoms with Gasteiger partial charge in [-0.05, 0) is 61.5 Å². The van der Waals surface area contributed by atoms with Crippen molar-refractivity contribution in [2.75, 3.05) is 13.3 Å². The van der Waals surface area contributed by atoms with Crippen molar-refractivity contribution >= 4 is 21.6 Å². The maximum atomic E-state index is 11.4. The average molecular weight is 321 g/mol. The second kappa shape index (κ2) is 6.64. The van der Waals surface area contributed by atoms with Crippen LogP contribution in [0.1, 0.15) is 11.1 Å². The van der Waals surface area contributed by atoms with Crippen molar-refractivity contribution in [3.63, 3.8) is 0 Å². The summed E-state index contributed by atoms with van der Waals surface area (Å²) in [7, 11) is -1.19. The standard InChI is InChI=1S/C16H19NO2S2/c1-12-10-15(5-4-13(12)11-17-2)20-14-6-8-16(9-7-14)21(3,18)19/h4-10,17H,11H2,1-3H3. The molecule has 0 aliphatic rings. The van der Waals surface area contributed by atoms with Gasteiger partial charge in [-0.3, -0.25) is 0 Å². The molecule has 0 aliphatic heterocycles. The Morgan fingerprint density at radius 1 is 1.05 bits per heavy atom. The lowest BCUT2D eigenvalue weighted by atomic mass is 10.1. The number of hydrogen-bond acceptors (Lipinski definition) is 4. The highest BCUT2D eigenvalue weighted by Crippen LogP contribution is 2.29. The smallest absolute Gasteiger partial charge is 0.175 e. The van der Waals surface area contributed by atoms with Gasteiger partial charge in [0.1, 0.15) is 0 Å². The van der Waals surface area contributed by atoms with E-state index >= 15 is 0 Å². The monoisotopic (exact) mass is 321 g/mol. The predicted octanol–water partition coefficient (Wildman–Crippen LogP) is 3.27. The van der Waals surface area contributed by atoms with Crippen LogP contribution in [0.25, 0.3) is 0 Å². The van der Waals surface area contributed by atoms with Crippen LogP contribution in [0.15, 0.2) is 57.2 Å². The molecule has 0 fully saturated rings. The molecule has 2 aromatic rings. The van der Waals surface area contributed by atoms with E-state index in [9.17, 15) is 8.42 Å². The largest absolute Gasteiger partial charge is 0.316 e. The van der Waals surface area contributed by atoms with Crippen LogP contribution in [0.3, 0.4) is 0 Å². The number of rotatable bonds is 5. The van der Waals surface area contributed by atoms with Crippen molar-refractivity contribution in [3.8, 4) is 0 Å². The molecule has 2 rings (SSSR count). The molecule has 0 aromatic heterocycles. The molecule has 112 valence electrons. The Morgan fingerprint density at radius 2 is 1.67 bits per heavy atom. The zero-order valence-electron chi connectivity index (χ0n) is 12.4. The van der Waals surface area contributed by atoms with Gasteiger partial charge in [0, 0.05) is 22.6 Å². The highest BCUT2D eigenvalue weighted by atomic mass is 32.2. The molecule has 0 amide bonds. The van der Waals surface area contributed by atoms with Crippen LogP contribution in [0.5, 0.6) is 0 Å². The summed E-state index contributed by atoms with van der Waals surface area (Å²) in [4.78, 5) is 2.54. The number of nitrogens with one attached hydrogen (secondary N) is 1. The van der Waals surface area contributed by atoms with Gasteiger partial charge in [0.2, 0.25) is 0 Å². The van der Waals surface area contributed by atoms with Crippen molar-refractivity contribution in [1.82, 2.24) is 5.32 Å². The maximum absolute atomic E-state index is 11.4. The van der Waals surface area contributed by atoms with Crippen LogP contribution in [-0.4, -0.2) is 21.7 Å². The summed E-state index contributed by atoms with van der Waals surface area (Å²) in [6.45, 7) is 2.96. The Balaban J connectivity index is 2.17. The lowest BCUT2D eigenvalue weighted by Gasteiger charge is -2.08. The normalized spacial score (nSPS) is 11.6. The highest BCUT2D eigenvalue weighted by molar-refractivity contribution is 7.99. The van der Waals surface area contributed by atoms with E-state index in [-0.39, 0.29) is 0 Å². The Hall–Kier alpha value is -1.30. The minimum Gasteiger partial charge on any atom is -0.316 e. The van der Waals surface area contributed by atoms with E-state index in [0.717, 1.165) is 16.3 Å². The zero-order valence-corrected chi connectivity index (χ0v) is 14.0. The topological polar surface area (TPSA) is 46.2 Å². The van der Waals surface area contributed by atoms with E-state index in [1.807, 2.05) is 19.2 Å². The Labute approximate surface area is 130 Å². The summed E-state index contributed by atoms with van der Waals surface area (Å²) in [5.74, 6) is 0. The molecule has 0 heterocycles. The number of aryl methyl sites for hydroxylation is 1.